The maximum atomic E-state index is 5.81. The highest BCUT2D eigenvalue weighted by molar-refractivity contribution is 9.10. The van der Waals surface area contributed by atoms with Crippen LogP contribution < -0.4 is 0 Å². The van der Waals surface area contributed by atoms with Crippen molar-refractivity contribution in [1.29, 1.82) is 0 Å². The van der Waals surface area contributed by atoms with Crippen LogP contribution in [0.3, 0.4) is 0 Å². The van der Waals surface area contributed by atoms with Crippen molar-refractivity contribution >= 4 is 27.5 Å². The fourth-order valence-electron chi connectivity index (χ4n) is 1.23. The normalized spacial score (nSPS) is 10.5. The lowest BCUT2D eigenvalue weighted by atomic mass is 10.3. The van der Waals surface area contributed by atoms with Crippen LogP contribution in [-0.4, -0.2) is 9.78 Å². The Morgan fingerprint density at radius 1 is 1.29 bits per heavy atom. The monoisotopic (exact) mass is 270 g/mol. The molecule has 0 unspecified atom stereocenters. The highest BCUT2D eigenvalue weighted by Crippen LogP contribution is 2.19. The van der Waals surface area contributed by atoms with Crippen LogP contribution in [0, 0.1) is 6.92 Å². The molecule has 2 aromatic rings. The molecule has 0 atom stereocenters. The van der Waals surface area contributed by atoms with Gasteiger partial charge in [-0.15, -0.1) is 0 Å². The summed E-state index contributed by atoms with van der Waals surface area (Å²) in [5, 5.41) is 4.98. The van der Waals surface area contributed by atoms with Crippen LogP contribution in [0.25, 0.3) is 5.69 Å². The zero-order chi connectivity index (χ0) is 10.1. The third-order valence-corrected chi connectivity index (χ3v) is 3.05. The molecule has 1 aromatic carbocycles. The van der Waals surface area contributed by atoms with Gasteiger partial charge in [0, 0.05) is 5.02 Å². The summed E-state index contributed by atoms with van der Waals surface area (Å²) >= 11 is 9.22. The quantitative estimate of drug-likeness (QED) is 0.775. The molecule has 0 aliphatic carbocycles. The molecule has 0 aliphatic rings. The molecule has 0 saturated carbocycles. The average Bonchev–Trinajstić information content (AvgIpc) is 2.50. The van der Waals surface area contributed by atoms with E-state index in [0.717, 1.165) is 20.9 Å². The molecular formula is C10H8BrClN2. The minimum atomic E-state index is 0.734. The Balaban J connectivity index is 2.49. The number of nitrogens with zero attached hydrogens (tertiary/aromatic N) is 2. The Bertz CT molecular complexity index is 448. The van der Waals surface area contributed by atoms with E-state index in [-0.39, 0.29) is 0 Å². The summed E-state index contributed by atoms with van der Waals surface area (Å²) in [5.74, 6) is 0. The molecule has 0 saturated heterocycles. The molecule has 1 heterocycles. The van der Waals surface area contributed by atoms with Crippen molar-refractivity contribution in [3.8, 4) is 5.69 Å². The molecular weight excluding hydrogens is 263 g/mol. The standard InChI is InChI=1S/C10H8BrClN2/c1-7-10(11)6-13-14(7)9-4-2-8(12)3-5-9/h2-6H,1H3. The molecule has 0 bridgehead atoms. The number of benzene rings is 1. The molecule has 1 aromatic heterocycles. The van der Waals surface area contributed by atoms with Gasteiger partial charge in [0.05, 0.1) is 22.1 Å². The lowest BCUT2D eigenvalue weighted by Gasteiger charge is -2.03. The number of hydrogen-bond donors (Lipinski definition) is 0. The molecule has 72 valence electrons. The van der Waals surface area contributed by atoms with E-state index in [9.17, 15) is 0 Å². The SMILES string of the molecule is Cc1c(Br)cnn1-c1ccc(Cl)cc1. The highest BCUT2D eigenvalue weighted by atomic mass is 79.9. The van der Waals surface area contributed by atoms with Gasteiger partial charge in [-0.1, -0.05) is 11.6 Å². The summed E-state index contributed by atoms with van der Waals surface area (Å²) in [5.41, 5.74) is 2.09. The van der Waals surface area contributed by atoms with E-state index in [1.807, 2.05) is 35.9 Å². The van der Waals surface area contributed by atoms with Crippen molar-refractivity contribution in [2.45, 2.75) is 6.92 Å². The van der Waals surface area contributed by atoms with E-state index in [1.165, 1.54) is 0 Å². The second-order valence-electron chi connectivity index (χ2n) is 2.97. The average molecular weight is 272 g/mol. The second kappa shape index (κ2) is 3.75. The van der Waals surface area contributed by atoms with Gasteiger partial charge in [-0.05, 0) is 47.1 Å². The first-order chi connectivity index (χ1) is 6.68. The molecule has 0 aliphatic heterocycles. The third kappa shape index (κ3) is 1.70. The van der Waals surface area contributed by atoms with Gasteiger partial charge in [0.25, 0.3) is 0 Å². The number of hydrogen-bond acceptors (Lipinski definition) is 1. The van der Waals surface area contributed by atoms with Crippen LogP contribution in [-0.2, 0) is 0 Å². The fraction of sp³-hybridized carbons (Fsp3) is 0.100. The first-order valence-corrected chi connectivity index (χ1v) is 5.31. The third-order valence-electron chi connectivity index (χ3n) is 2.02. The summed E-state index contributed by atoms with van der Waals surface area (Å²) in [6, 6.07) is 7.58. The predicted molar refractivity (Wildman–Crippen MR) is 61.0 cm³/mol. The van der Waals surface area contributed by atoms with Crippen LogP contribution >= 0.6 is 27.5 Å². The molecule has 0 amide bonds. The largest absolute Gasteiger partial charge is 0.237 e. The van der Waals surface area contributed by atoms with Crippen molar-refractivity contribution in [1.82, 2.24) is 9.78 Å². The van der Waals surface area contributed by atoms with Gasteiger partial charge in [0.2, 0.25) is 0 Å². The van der Waals surface area contributed by atoms with E-state index in [0.29, 0.717) is 0 Å². The van der Waals surface area contributed by atoms with E-state index >= 15 is 0 Å². The molecule has 0 N–H and O–H groups in total. The van der Waals surface area contributed by atoms with Crippen molar-refractivity contribution in [3.63, 3.8) is 0 Å². The summed E-state index contributed by atoms with van der Waals surface area (Å²) in [6.07, 6.45) is 1.78. The van der Waals surface area contributed by atoms with Crippen molar-refractivity contribution < 1.29 is 0 Å². The van der Waals surface area contributed by atoms with Crippen molar-refractivity contribution in [2.75, 3.05) is 0 Å². The highest BCUT2D eigenvalue weighted by Gasteiger charge is 2.04. The van der Waals surface area contributed by atoms with Crippen LogP contribution in [0.5, 0.6) is 0 Å². The van der Waals surface area contributed by atoms with E-state index in [4.69, 9.17) is 11.6 Å². The smallest absolute Gasteiger partial charge is 0.0650 e. The molecule has 14 heavy (non-hydrogen) atoms. The first kappa shape index (κ1) is 9.74. The lowest BCUT2D eigenvalue weighted by molar-refractivity contribution is 0.846. The molecule has 2 nitrogen and oxygen atoms in total. The van der Waals surface area contributed by atoms with Crippen LogP contribution in [0.1, 0.15) is 5.69 Å². The Kier molecular flexibility index (Phi) is 2.61. The Labute approximate surface area is 95.6 Å². The van der Waals surface area contributed by atoms with Crippen molar-refractivity contribution in [2.24, 2.45) is 0 Å². The number of aromatic nitrogens is 2. The van der Waals surface area contributed by atoms with Gasteiger partial charge in [-0.3, -0.25) is 0 Å². The van der Waals surface area contributed by atoms with Crippen LogP contribution in [0.2, 0.25) is 5.02 Å². The lowest BCUT2D eigenvalue weighted by Crippen LogP contribution is -1.97. The van der Waals surface area contributed by atoms with Gasteiger partial charge in [-0.25, -0.2) is 4.68 Å². The number of halogens is 2. The van der Waals surface area contributed by atoms with Gasteiger partial charge in [0.15, 0.2) is 0 Å². The van der Waals surface area contributed by atoms with Gasteiger partial charge in [-0.2, -0.15) is 5.10 Å². The maximum Gasteiger partial charge on any atom is 0.0650 e. The molecule has 0 spiro atoms. The summed E-state index contributed by atoms with van der Waals surface area (Å²) in [7, 11) is 0. The Morgan fingerprint density at radius 3 is 2.43 bits per heavy atom. The van der Waals surface area contributed by atoms with E-state index < -0.39 is 0 Å². The zero-order valence-corrected chi connectivity index (χ0v) is 9.88. The second-order valence-corrected chi connectivity index (χ2v) is 4.26. The minimum absolute atomic E-state index is 0.734. The molecule has 2 rings (SSSR count). The summed E-state index contributed by atoms with van der Waals surface area (Å²) in [6.45, 7) is 2.01. The summed E-state index contributed by atoms with van der Waals surface area (Å²) in [4.78, 5) is 0. The van der Waals surface area contributed by atoms with Crippen LogP contribution in [0.4, 0.5) is 0 Å². The van der Waals surface area contributed by atoms with Gasteiger partial charge >= 0.3 is 0 Å². The molecule has 4 heteroatoms. The number of rotatable bonds is 1. The minimum Gasteiger partial charge on any atom is -0.237 e. The summed E-state index contributed by atoms with van der Waals surface area (Å²) < 4.78 is 2.87. The topological polar surface area (TPSA) is 17.8 Å². The zero-order valence-electron chi connectivity index (χ0n) is 7.54. The van der Waals surface area contributed by atoms with E-state index in [2.05, 4.69) is 21.0 Å². The maximum absolute atomic E-state index is 5.81. The predicted octanol–water partition coefficient (Wildman–Crippen LogP) is 3.60. The molecule has 0 radical (unpaired) electrons. The Hall–Kier alpha value is -0.800. The van der Waals surface area contributed by atoms with E-state index in [1.54, 1.807) is 6.20 Å². The van der Waals surface area contributed by atoms with Gasteiger partial charge < -0.3 is 0 Å². The van der Waals surface area contributed by atoms with Gasteiger partial charge in [0.1, 0.15) is 0 Å². The Morgan fingerprint density at radius 2 is 1.93 bits per heavy atom. The van der Waals surface area contributed by atoms with Crippen molar-refractivity contribution in [3.05, 3.63) is 45.7 Å². The van der Waals surface area contributed by atoms with Crippen LogP contribution in [0.15, 0.2) is 34.9 Å². The first-order valence-electron chi connectivity index (χ1n) is 4.14. The molecule has 0 fully saturated rings. The fourth-order valence-corrected chi connectivity index (χ4v) is 1.62.